The Kier molecular flexibility index (Phi) is 4.36. The number of nitrogens with zero attached hydrogens (tertiary/aromatic N) is 3. The number of hydrogen-bond acceptors (Lipinski definition) is 4. The van der Waals surface area contributed by atoms with Crippen molar-refractivity contribution >= 4 is 11.7 Å². The van der Waals surface area contributed by atoms with Crippen LogP contribution in [0.2, 0.25) is 0 Å². The Morgan fingerprint density at radius 3 is 3.05 bits per heavy atom. The number of fused-ring (bicyclic) bond motifs is 1. The molecular weight excluding hydrogens is 264 g/mol. The van der Waals surface area contributed by atoms with Gasteiger partial charge in [0.25, 0.3) is 5.91 Å². The van der Waals surface area contributed by atoms with E-state index in [1.54, 1.807) is 12.4 Å². The highest BCUT2D eigenvalue weighted by Gasteiger charge is 2.37. The first kappa shape index (κ1) is 14.3. The van der Waals surface area contributed by atoms with Gasteiger partial charge in [-0.2, -0.15) is 0 Å². The van der Waals surface area contributed by atoms with Crippen LogP contribution in [0.5, 0.6) is 0 Å². The zero-order valence-electron chi connectivity index (χ0n) is 12.7. The van der Waals surface area contributed by atoms with Gasteiger partial charge in [-0.05, 0) is 38.0 Å². The van der Waals surface area contributed by atoms with Gasteiger partial charge >= 0.3 is 0 Å². The predicted octanol–water partition coefficient (Wildman–Crippen LogP) is 2.70. The van der Waals surface area contributed by atoms with Gasteiger partial charge in [0.2, 0.25) is 0 Å². The zero-order chi connectivity index (χ0) is 14.7. The smallest absolute Gasteiger partial charge is 0.274 e. The second kappa shape index (κ2) is 6.41. The van der Waals surface area contributed by atoms with Crippen LogP contribution in [-0.2, 0) is 0 Å². The van der Waals surface area contributed by atoms with E-state index in [2.05, 4.69) is 27.1 Å². The molecule has 2 atom stereocenters. The van der Waals surface area contributed by atoms with Crippen LogP contribution < -0.4 is 5.32 Å². The lowest BCUT2D eigenvalue weighted by Crippen LogP contribution is -2.46. The van der Waals surface area contributed by atoms with Gasteiger partial charge in [-0.1, -0.05) is 13.3 Å². The largest absolute Gasteiger partial charge is 0.369 e. The topological polar surface area (TPSA) is 58.1 Å². The Labute approximate surface area is 126 Å². The number of carbonyl (C=O) groups excluding carboxylic acids is 1. The molecule has 1 aromatic heterocycles. The number of piperidine rings is 1. The Balaban J connectivity index is 1.74. The van der Waals surface area contributed by atoms with Crippen molar-refractivity contribution in [2.45, 2.75) is 51.5 Å². The molecule has 0 bridgehead atoms. The minimum Gasteiger partial charge on any atom is -0.369 e. The molecule has 1 aliphatic heterocycles. The van der Waals surface area contributed by atoms with Crippen molar-refractivity contribution in [2.24, 2.45) is 5.92 Å². The second-order valence-corrected chi connectivity index (χ2v) is 6.12. The van der Waals surface area contributed by atoms with E-state index < -0.39 is 0 Å². The number of carbonyl (C=O) groups is 1. The van der Waals surface area contributed by atoms with Crippen LogP contribution in [0.25, 0.3) is 0 Å². The Hall–Kier alpha value is -1.65. The highest BCUT2D eigenvalue weighted by molar-refractivity contribution is 5.92. The third-order valence-corrected chi connectivity index (χ3v) is 4.66. The molecule has 1 aromatic rings. The lowest BCUT2D eigenvalue weighted by Gasteiger charge is -2.37. The van der Waals surface area contributed by atoms with Crippen molar-refractivity contribution in [3.05, 3.63) is 18.1 Å². The number of amides is 1. The minimum absolute atomic E-state index is 0.0549. The summed E-state index contributed by atoms with van der Waals surface area (Å²) in [5, 5.41) is 3.19. The molecule has 0 aromatic carbocycles. The zero-order valence-corrected chi connectivity index (χ0v) is 12.7. The lowest BCUT2D eigenvalue weighted by molar-refractivity contribution is 0.0542. The van der Waals surface area contributed by atoms with E-state index >= 15 is 0 Å². The first-order valence-corrected chi connectivity index (χ1v) is 8.16. The van der Waals surface area contributed by atoms with Crippen molar-refractivity contribution in [2.75, 3.05) is 18.4 Å². The number of rotatable bonds is 4. The van der Waals surface area contributed by atoms with E-state index in [9.17, 15) is 4.79 Å². The molecule has 5 nitrogen and oxygen atoms in total. The monoisotopic (exact) mass is 288 g/mol. The summed E-state index contributed by atoms with van der Waals surface area (Å²) in [6.07, 6.45) is 10.4. The van der Waals surface area contributed by atoms with Crippen LogP contribution in [-0.4, -0.2) is 39.9 Å². The molecule has 1 aliphatic carbocycles. The van der Waals surface area contributed by atoms with Crippen LogP contribution in [0.15, 0.2) is 12.4 Å². The predicted molar refractivity (Wildman–Crippen MR) is 82.2 cm³/mol. The molecule has 2 unspecified atom stereocenters. The summed E-state index contributed by atoms with van der Waals surface area (Å²) in [6.45, 7) is 3.82. The van der Waals surface area contributed by atoms with Gasteiger partial charge < -0.3 is 10.2 Å². The summed E-state index contributed by atoms with van der Waals surface area (Å²) >= 11 is 0. The Morgan fingerprint density at radius 2 is 2.19 bits per heavy atom. The Bertz CT molecular complexity index is 505. The minimum atomic E-state index is 0.0549. The molecule has 114 valence electrons. The maximum absolute atomic E-state index is 12.8. The van der Waals surface area contributed by atoms with Crippen LogP contribution >= 0.6 is 0 Å². The van der Waals surface area contributed by atoms with E-state index in [1.165, 1.54) is 19.3 Å². The van der Waals surface area contributed by atoms with Crippen molar-refractivity contribution < 1.29 is 4.79 Å². The molecule has 1 amide bonds. The standard InChI is InChI=1S/C16H24N4O/c1-2-8-18-15-11-17-10-13(19-15)16(21)20-9-4-6-12-5-3-7-14(12)20/h10-12,14H,2-9H2,1H3,(H,18,19). The molecule has 5 heteroatoms. The van der Waals surface area contributed by atoms with Gasteiger partial charge in [0.15, 0.2) is 0 Å². The van der Waals surface area contributed by atoms with E-state index in [0.717, 1.165) is 32.4 Å². The quantitative estimate of drug-likeness (QED) is 0.925. The third kappa shape index (κ3) is 3.01. The average Bonchev–Trinajstić information content (AvgIpc) is 3.01. The first-order valence-electron chi connectivity index (χ1n) is 8.16. The summed E-state index contributed by atoms with van der Waals surface area (Å²) in [7, 11) is 0. The van der Waals surface area contributed by atoms with Gasteiger partial charge in [0, 0.05) is 19.1 Å². The highest BCUT2D eigenvalue weighted by Crippen LogP contribution is 2.37. The molecule has 2 fully saturated rings. The molecule has 1 saturated carbocycles. The average molecular weight is 288 g/mol. The van der Waals surface area contributed by atoms with E-state index in [-0.39, 0.29) is 5.91 Å². The number of anilines is 1. The molecule has 2 heterocycles. The number of hydrogen-bond donors (Lipinski definition) is 1. The molecule has 21 heavy (non-hydrogen) atoms. The molecule has 0 spiro atoms. The van der Waals surface area contributed by atoms with Crippen LogP contribution in [0, 0.1) is 5.92 Å². The molecule has 1 N–H and O–H groups in total. The van der Waals surface area contributed by atoms with Crippen molar-refractivity contribution in [1.29, 1.82) is 0 Å². The number of aromatic nitrogens is 2. The normalized spacial score (nSPS) is 24.7. The first-order chi connectivity index (χ1) is 10.3. The van der Waals surface area contributed by atoms with Crippen LogP contribution in [0.3, 0.4) is 0 Å². The number of nitrogens with one attached hydrogen (secondary N) is 1. The fraction of sp³-hybridized carbons (Fsp3) is 0.688. The number of likely N-dealkylation sites (tertiary alicyclic amines) is 1. The molecule has 3 rings (SSSR count). The van der Waals surface area contributed by atoms with Gasteiger partial charge in [-0.25, -0.2) is 4.98 Å². The van der Waals surface area contributed by atoms with Gasteiger partial charge in [-0.15, -0.1) is 0 Å². The van der Waals surface area contributed by atoms with Gasteiger partial charge in [-0.3, -0.25) is 9.78 Å². The molecule has 2 aliphatic rings. The summed E-state index contributed by atoms with van der Waals surface area (Å²) in [5.41, 5.74) is 0.476. The van der Waals surface area contributed by atoms with Crippen molar-refractivity contribution in [3.8, 4) is 0 Å². The summed E-state index contributed by atoms with van der Waals surface area (Å²) in [6, 6.07) is 0.431. The summed E-state index contributed by atoms with van der Waals surface area (Å²) in [5.74, 6) is 1.46. The fourth-order valence-corrected chi connectivity index (χ4v) is 3.66. The summed E-state index contributed by atoms with van der Waals surface area (Å²) in [4.78, 5) is 23.4. The van der Waals surface area contributed by atoms with E-state index in [0.29, 0.717) is 23.5 Å². The lowest BCUT2D eigenvalue weighted by atomic mass is 9.92. The molecule has 0 radical (unpaired) electrons. The van der Waals surface area contributed by atoms with Crippen LogP contribution in [0.1, 0.15) is 55.9 Å². The van der Waals surface area contributed by atoms with Gasteiger partial charge in [0.1, 0.15) is 11.5 Å². The third-order valence-electron chi connectivity index (χ3n) is 4.66. The van der Waals surface area contributed by atoms with E-state index in [4.69, 9.17) is 0 Å². The highest BCUT2D eigenvalue weighted by atomic mass is 16.2. The van der Waals surface area contributed by atoms with Crippen molar-refractivity contribution in [1.82, 2.24) is 14.9 Å². The van der Waals surface area contributed by atoms with Crippen molar-refractivity contribution in [3.63, 3.8) is 0 Å². The van der Waals surface area contributed by atoms with Gasteiger partial charge in [0.05, 0.1) is 12.4 Å². The summed E-state index contributed by atoms with van der Waals surface area (Å²) < 4.78 is 0. The fourth-order valence-electron chi connectivity index (χ4n) is 3.66. The molecular formula is C16H24N4O. The van der Waals surface area contributed by atoms with Crippen LogP contribution in [0.4, 0.5) is 5.82 Å². The second-order valence-electron chi connectivity index (χ2n) is 6.12. The maximum Gasteiger partial charge on any atom is 0.274 e. The van der Waals surface area contributed by atoms with E-state index in [1.807, 2.05) is 0 Å². The Morgan fingerprint density at radius 1 is 1.33 bits per heavy atom. The maximum atomic E-state index is 12.8. The molecule has 1 saturated heterocycles. The SMILES string of the molecule is CCCNc1cncc(C(=O)N2CCCC3CCCC32)n1.